The minimum Gasteiger partial charge on any atom is -0.103 e. The van der Waals surface area contributed by atoms with Gasteiger partial charge in [-0.1, -0.05) is 44.2 Å². The van der Waals surface area contributed by atoms with Crippen molar-refractivity contribution in [3.05, 3.63) is 37.5 Å². The summed E-state index contributed by atoms with van der Waals surface area (Å²) in [6.07, 6.45) is 6.03. The molecule has 0 rings (SSSR count). The van der Waals surface area contributed by atoms with Crippen LogP contribution in [0, 0.1) is 0 Å². The molecule has 0 unspecified atom stereocenters. The molecule has 0 saturated carbocycles. The zero-order valence-electron chi connectivity index (χ0n) is 7.19. The molecule has 0 spiro atoms. The summed E-state index contributed by atoms with van der Waals surface area (Å²) in [7, 11) is 0. The van der Waals surface area contributed by atoms with Gasteiger partial charge in [0, 0.05) is 0 Å². The van der Waals surface area contributed by atoms with Crippen LogP contribution >= 0.6 is 0 Å². The van der Waals surface area contributed by atoms with E-state index in [4.69, 9.17) is 0 Å². The van der Waals surface area contributed by atoms with Crippen molar-refractivity contribution in [2.24, 2.45) is 0 Å². The van der Waals surface area contributed by atoms with E-state index < -0.39 is 0 Å². The van der Waals surface area contributed by atoms with Crippen LogP contribution in [0.25, 0.3) is 0 Å². The van der Waals surface area contributed by atoms with Crippen molar-refractivity contribution >= 4 is 0 Å². The van der Waals surface area contributed by atoms with Crippen LogP contribution in [0.4, 0.5) is 0 Å². The van der Waals surface area contributed by atoms with Crippen molar-refractivity contribution in [1.82, 2.24) is 0 Å². The van der Waals surface area contributed by atoms with Gasteiger partial charge in [-0.25, -0.2) is 0 Å². The molecule has 0 bridgehead atoms. The predicted molar refractivity (Wildman–Crippen MR) is 50.1 cm³/mol. The van der Waals surface area contributed by atoms with Gasteiger partial charge in [-0.05, 0) is 13.3 Å². The standard InChI is InChI=1S/C5H8.C5H10/c1-4-5(2)3;1-3-5-4-2/h4H,1-2H2,3H3;3H,1,4-5H2,2H3. The van der Waals surface area contributed by atoms with Crippen LogP contribution in [0.3, 0.4) is 0 Å². The summed E-state index contributed by atoms with van der Waals surface area (Å²) in [5.74, 6) is 0. The molecule has 0 aliphatic carbocycles. The molecule has 0 aliphatic rings. The van der Waals surface area contributed by atoms with Crippen molar-refractivity contribution in [3.63, 3.8) is 0 Å². The summed E-state index contributed by atoms with van der Waals surface area (Å²) >= 11 is 0. The van der Waals surface area contributed by atoms with Gasteiger partial charge in [-0.15, -0.1) is 6.58 Å². The highest BCUT2D eigenvalue weighted by Crippen LogP contribution is 1.82. The quantitative estimate of drug-likeness (QED) is 0.412. The number of hydrogen-bond acceptors (Lipinski definition) is 0. The molecule has 0 heterocycles. The summed E-state index contributed by atoms with van der Waals surface area (Å²) in [6.45, 7) is 14.6. The van der Waals surface area contributed by atoms with Gasteiger partial charge in [-0.3, -0.25) is 0 Å². The lowest BCUT2D eigenvalue weighted by molar-refractivity contribution is 0.961. The van der Waals surface area contributed by atoms with Gasteiger partial charge in [-0.2, -0.15) is 0 Å². The molecule has 0 heteroatoms. The number of allylic oxidation sites excluding steroid dienone is 3. The molecule has 0 aromatic heterocycles. The Morgan fingerprint density at radius 3 is 1.80 bits per heavy atom. The second-order valence-electron chi connectivity index (χ2n) is 2.13. The maximum Gasteiger partial charge on any atom is -0.0356 e. The number of unbranched alkanes of at least 4 members (excludes halogenated alkanes) is 1. The van der Waals surface area contributed by atoms with Gasteiger partial charge in [0.15, 0.2) is 0 Å². The summed E-state index contributed by atoms with van der Waals surface area (Å²) < 4.78 is 0. The predicted octanol–water partition coefficient (Wildman–Crippen LogP) is 3.72. The fraction of sp³-hybridized carbons (Fsp3) is 0.400. The molecule has 0 N–H and O–H groups in total. The molecule has 0 amide bonds. The average Bonchev–Trinajstić information content (AvgIpc) is 1.91. The van der Waals surface area contributed by atoms with Crippen molar-refractivity contribution in [3.8, 4) is 0 Å². The van der Waals surface area contributed by atoms with E-state index >= 15 is 0 Å². The van der Waals surface area contributed by atoms with E-state index in [0.29, 0.717) is 0 Å². The Morgan fingerprint density at radius 1 is 1.40 bits per heavy atom. The van der Waals surface area contributed by atoms with Crippen LogP contribution in [0.2, 0.25) is 0 Å². The van der Waals surface area contributed by atoms with Gasteiger partial charge in [0.1, 0.15) is 0 Å². The average molecular weight is 138 g/mol. The fourth-order valence-corrected chi connectivity index (χ4v) is 0.204. The van der Waals surface area contributed by atoms with Crippen LogP contribution in [0.15, 0.2) is 37.5 Å². The second-order valence-corrected chi connectivity index (χ2v) is 2.13. The van der Waals surface area contributed by atoms with E-state index in [1.54, 1.807) is 6.08 Å². The third kappa shape index (κ3) is 26.9. The third-order valence-corrected chi connectivity index (χ3v) is 0.841. The molecule has 0 fully saturated rings. The monoisotopic (exact) mass is 138 g/mol. The van der Waals surface area contributed by atoms with E-state index in [9.17, 15) is 0 Å². The molecule has 0 nitrogen and oxygen atoms in total. The SMILES string of the molecule is C=CC(=C)C.C=CCCC. The highest BCUT2D eigenvalue weighted by atomic mass is 13.7. The summed E-state index contributed by atoms with van der Waals surface area (Å²) in [5.41, 5.74) is 1.02. The Balaban J connectivity index is 0. The highest BCUT2D eigenvalue weighted by molar-refractivity contribution is 5.05. The zero-order chi connectivity index (χ0) is 8.41. The van der Waals surface area contributed by atoms with Crippen molar-refractivity contribution in [2.75, 3.05) is 0 Å². The lowest BCUT2D eigenvalue weighted by Crippen LogP contribution is -1.52. The van der Waals surface area contributed by atoms with Gasteiger partial charge >= 0.3 is 0 Å². The Kier molecular flexibility index (Phi) is 13.2. The van der Waals surface area contributed by atoms with Crippen LogP contribution in [-0.2, 0) is 0 Å². The molecule has 0 radical (unpaired) electrons. The van der Waals surface area contributed by atoms with E-state index in [-0.39, 0.29) is 0 Å². The first-order valence-corrected chi connectivity index (χ1v) is 3.57. The summed E-state index contributed by atoms with van der Waals surface area (Å²) in [6, 6.07) is 0. The van der Waals surface area contributed by atoms with Crippen molar-refractivity contribution in [2.45, 2.75) is 26.7 Å². The van der Waals surface area contributed by atoms with E-state index in [0.717, 1.165) is 12.0 Å². The van der Waals surface area contributed by atoms with Gasteiger partial charge in [0.2, 0.25) is 0 Å². The molecule has 0 atom stereocenters. The van der Waals surface area contributed by atoms with Gasteiger partial charge in [0.25, 0.3) is 0 Å². The minimum atomic E-state index is 1.02. The molecule has 10 heavy (non-hydrogen) atoms. The van der Waals surface area contributed by atoms with E-state index in [1.165, 1.54) is 6.42 Å². The minimum absolute atomic E-state index is 1.02. The maximum absolute atomic E-state index is 3.56. The summed E-state index contributed by atoms with van der Waals surface area (Å²) in [5, 5.41) is 0. The van der Waals surface area contributed by atoms with E-state index in [2.05, 4.69) is 26.7 Å². The van der Waals surface area contributed by atoms with Crippen LogP contribution in [-0.4, -0.2) is 0 Å². The van der Waals surface area contributed by atoms with Crippen LogP contribution < -0.4 is 0 Å². The molecule has 0 aromatic carbocycles. The fourth-order valence-electron chi connectivity index (χ4n) is 0.204. The molecule has 0 aliphatic heterocycles. The third-order valence-electron chi connectivity index (χ3n) is 0.841. The second kappa shape index (κ2) is 11.1. The van der Waals surface area contributed by atoms with Crippen LogP contribution in [0.1, 0.15) is 26.7 Å². The Bertz CT molecular complexity index is 98.6. The lowest BCUT2D eigenvalue weighted by Gasteiger charge is -1.72. The first-order chi connectivity index (χ1) is 4.68. The number of rotatable bonds is 3. The highest BCUT2D eigenvalue weighted by Gasteiger charge is 1.61. The molecule has 0 saturated heterocycles. The first kappa shape index (κ1) is 12.0. The number of hydrogen-bond donors (Lipinski definition) is 0. The largest absolute Gasteiger partial charge is 0.103 e. The normalized spacial score (nSPS) is 7.00. The topological polar surface area (TPSA) is 0 Å². The lowest BCUT2D eigenvalue weighted by atomic mass is 10.3. The van der Waals surface area contributed by atoms with Crippen LogP contribution in [0.5, 0.6) is 0 Å². The van der Waals surface area contributed by atoms with Gasteiger partial charge < -0.3 is 0 Å². The van der Waals surface area contributed by atoms with Crippen molar-refractivity contribution < 1.29 is 0 Å². The molecular formula is C10H18. The van der Waals surface area contributed by atoms with Gasteiger partial charge in [0.05, 0.1) is 0 Å². The molecular weight excluding hydrogens is 120 g/mol. The first-order valence-electron chi connectivity index (χ1n) is 3.57. The zero-order valence-corrected chi connectivity index (χ0v) is 7.19. The van der Waals surface area contributed by atoms with E-state index in [1.807, 2.05) is 13.0 Å². The Labute approximate surface area is 65.0 Å². The summed E-state index contributed by atoms with van der Waals surface area (Å²) in [4.78, 5) is 0. The molecule has 0 aromatic rings. The maximum atomic E-state index is 3.56. The molecule has 58 valence electrons. The Hall–Kier alpha value is -0.780. The smallest absolute Gasteiger partial charge is 0.0356 e. The Morgan fingerprint density at radius 2 is 1.80 bits per heavy atom. The van der Waals surface area contributed by atoms with Crippen molar-refractivity contribution in [1.29, 1.82) is 0 Å².